The summed E-state index contributed by atoms with van der Waals surface area (Å²) in [6.07, 6.45) is 1.84. The largest absolute Gasteiger partial charge is 0.494 e. The van der Waals surface area contributed by atoms with Crippen LogP contribution in [0.2, 0.25) is 0 Å². The molecule has 2 aromatic carbocycles. The van der Waals surface area contributed by atoms with Crippen LogP contribution < -0.4 is 4.74 Å². The van der Waals surface area contributed by atoms with Crippen molar-refractivity contribution in [1.29, 1.82) is 0 Å². The summed E-state index contributed by atoms with van der Waals surface area (Å²) in [5, 5.41) is 0. The molecule has 2 heteroatoms. The first-order valence-electron chi connectivity index (χ1n) is 5.53. The van der Waals surface area contributed by atoms with Crippen LogP contribution in [0.15, 0.2) is 53.5 Å². The molecule has 0 aromatic heterocycles. The number of rotatable bonds is 3. The second-order valence-corrected chi connectivity index (χ2v) is 3.84. The van der Waals surface area contributed by atoms with Crippen molar-refractivity contribution in [2.75, 3.05) is 7.11 Å². The maximum absolute atomic E-state index is 5.24. The number of para-hydroxylation sites is 2. The molecule has 0 amide bonds. The van der Waals surface area contributed by atoms with Gasteiger partial charge in [0.2, 0.25) is 0 Å². The van der Waals surface area contributed by atoms with Crippen LogP contribution in [-0.2, 0) is 0 Å². The maximum Gasteiger partial charge on any atom is 0.144 e. The third kappa shape index (κ3) is 2.94. The van der Waals surface area contributed by atoms with E-state index in [-0.39, 0.29) is 0 Å². The van der Waals surface area contributed by atoms with Gasteiger partial charge in [-0.15, -0.1) is 0 Å². The van der Waals surface area contributed by atoms with Crippen molar-refractivity contribution in [3.05, 3.63) is 59.7 Å². The summed E-state index contributed by atoms with van der Waals surface area (Å²) in [4.78, 5) is 4.43. The van der Waals surface area contributed by atoms with Crippen molar-refractivity contribution in [2.24, 2.45) is 4.99 Å². The van der Waals surface area contributed by atoms with Gasteiger partial charge in [-0.25, -0.2) is 0 Å². The molecule has 0 saturated carbocycles. The highest BCUT2D eigenvalue weighted by Crippen LogP contribution is 2.25. The molecule has 0 aliphatic heterocycles. The number of aryl methyl sites for hydroxylation is 1. The molecule has 0 saturated heterocycles. The second-order valence-electron chi connectivity index (χ2n) is 3.84. The number of ether oxygens (including phenoxy) is 1. The maximum atomic E-state index is 5.24. The number of methoxy groups -OCH3 is 1. The molecule has 17 heavy (non-hydrogen) atoms. The van der Waals surface area contributed by atoms with Gasteiger partial charge in [0.25, 0.3) is 0 Å². The molecule has 0 bridgehead atoms. The van der Waals surface area contributed by atoms with E-state index < -0.39 is 0 Å². The second kappa shape index (κ2) is 5.30. The van der Waals surface area contributed by atoms with Crippen LogP contribution in [0.3, 0.4) is 0 Å². The Hall–Kier alpha value is -2.09. The Morgan fingerprint density at radius 3 is 2.41 bits per heavy atom. The van der Waals surface area contributed by atoms with Crippen molar-refractivity contribution in [2.45, 2.75) is 6.92 Å². The molecule has 0 N–H and O–H groups in total. The predicted octanol–water partition coefficient (Wildman–Crippen LogP) is 3.75. The van der Waals surface area contributed by atoms with E-state index in [1.54, 1.807) is 7.11 Å². The van der Waals surface area contributed by atoms with Crippen molar-refractivity contribution in [1.82, 2.24) is 0 Å². The standard InChI is InChI=1S/C15H15NO/c1-12-7-9-13(10-8-12)11-16-14-5-3-4-6-15(14)17-2/h3-11H,1-2H3. The Bertz CT molecular complexity index is 515. The molecule has 0 aliphatic carbocycles. The SMILES string of the molecule is COc1ccccc1N=Cc1ccc(C)cc1. The first kappa shape index (κ1) is 11.4. The lowest BCUT2D eigenvalue weighted by Gasteiger charge is -2.02. The van der Waals surface area contributed by atoms with Crippen molar-refractivity contribution in [3.8, 4) is 5.75 Å². The average molecular weight is 225 g/mol. The van der Waals surface area contributed by atoms with Crippen molar-refractivity contribution < 1.29 is 4.74 Å². The van der Waals surface area contributed by atoms with Gasteiger partial charge in [-0.2, -0.15) is 0 Å². The monoisotopic (exact) mass is 225 g/mol. The zero-order valence-electron chi connectivity index (χ0n) is 10.1. The van der Waals surface area contributed by atoms with Crippen LogP contribution in [0.4, 0.5) is 5.69 Å². The highest BCUT2D eigenvalue weighted by atomic mass is 16.5. The predicted molar refractivity (Wildman–Crippen MR) is 71.4 cm³/mol. The fourth-order valence-electron chi connectivity index (χ4n) is 1.53. The molecule has 2 nitrogen and oxygen atoms in total. The normalized spacial score (nSPS) is 10.7. The summed E-state index contributed by atoms with van der Waals surface area (Å²) >= 11 is 0. The van der Waals surface area contributed by atoms with E-state index in [0.717, 1.165) is 17.0 Å². The van der Waals surface area contributed by atoms with E-state index in [1.165, 1.54) is 5.56 Å². The van der Waals surface area contributed by atoms with Crippen LogP contribution in [0.25, 0.3) is 0 Å². The summed E-state index contributed by atoms with van der Waals surface area (Å²) in [6.45, 7) is 2.07. The van der Waals surface area contributed by atoms with Gasteiger partial charge in [0.15, 0.2) is 0 Å². The van der Waals surface area contributed by atoms with Gasteiger partial charge in [0.05, 0.1) is 7.11 Å². The highest BCUT2D eigenvalue weighted by Gasteiger charge is 1.97. The van der Waals surface area contributed by atoms with Crippen LogP contribution in [0.1, 0.15) is 11.1 Å². The zero-order valence-corrected chi connectivity index (χ0v) is 10.1. The summed E-state index contributed by atoms with van der Waals surface area (Å²) in [5.41, 5.74) is 3.18. The number of benzene rings is 2. The average Bonchev–Trinajstić information content (AvgIpc) is 2.38. The zero-order chi connectivity index (χ0) is 12.1. The molecule has 86 valence electrons. The van der Waals surface area contributed by atoms with Crippen molar-refractivity contribution >= 4 is 11.9 Å². The lowest BCUT2D eigenvalue weighted by molar-refractivity contribution is 0.416. The quantitative estimate of drug-likeness (QED) is 0.729. The topological polar surface area (TPSA) is 21.6 Å². The summed E-state index contributed by atoms with van der Waals surface area (Å²) in [5.74, 6) is 0.788. The summed E-state index contributed by atoms with van der Waals surface area (Å²) in [7, 11) is 1.65. The minimum atomic E-state index is 0.788. The van der Waals surface area contributed by atoms with E-state index in [1.807, 2.05) is 42.6 Å². The Morgan fingerprint density at radius 2 is 1.71 bits per heavy atom. The molecular weight excluding hydrogens is 210 g/mol. The van der Waals surface area contributed by atoms with E-state index in [4.69, 9.17) is 4.74 Å². The Kier molecular flexibility index (Phi) is 3.55. The Balaban J connectivity index is 2.22. The van der Waals surface area contributed by atoms with Gasteiger partial charge in [-0.05, 0) is 24.6 Å². The number of hydrogen-bond acceptors (Lipinski definition) is 2. The molecule has 2 rings (SSSR count). The van der Waals surface area contributed by atoms with Crippen LogP contribution in [0, 0.1) is 6.92 Å². The molecular formula is C15H15NO. The van der Waals surface area contributed by atoms with E-state index in [9.17, 15) is 0 Å². The Labute approximate surface area is 102 Å². The number of aliphatic imine (C=N–C) groups is 1. The van der Waals surface area contributed by atoms with Crippen LogP contribution >= 0.6 is 0 Å². The first-order chi connectivity index (χ1) is 8.29. The molecule has 0 heterocycles. The smallest absolute Gasteiger partial charge is 0.144 e. The van der Waals surface area contributed by atoms with Crippen LogP contribution in [-0.4, -0.2) is 13.3 Å². The van der Waals surface area contributed by atoms with E-state index >= 15 is 0 Å². The van der Waals surface area contributed by atoms with Crippen molar-refractivity contribution in [3.63, 3.8) is 0 Å². The van der Waals surface area contributed by atoms with Crippen LogP contribution in [0.5, 0.6) is 5.75 Å². The lowest BCUT2D eigenvalue weighted by Crippen LogP contribution is -1.84. The fraction of sp³-hybridized carbons (Fsp3) is 0.133. The minimum absolute atomic E-state index is 0.788. The molecule has 2 aromatic rings. The lowest BCUT2D eigenvalue weighted by atomic mass is 10.2. The fourth-order valence-corrected chi connectivity index (χ4v) is 1.53. The number of hydrogen-bond donors (Lipinski definition) is 0. The summed E-state index contributed by atoms with van der Waals surface area (Å²) in [6, 6.07) is 16.0. The molecule has 0 fully saturated rings. The molecule has 0 radical (unpaired) electrons. The van der Waals surface area contributed by atoms with Gasteiger partial charge in [-0.1, -0.05) is 42.0 Å². The highest BCUT2D eigenvalue weighted by molar-refractivity contribution is 5.82. The van der Waals surface area contributed by atoms with E-state index in [0.29, 0.717) is 0 Å². The first-order valence-corrected chi connectivity index (χ1v) is 5.53. The molecule has 0 aliphatic rings. The van der Waals surface area contributed by atoms with E-state index in [2.05, 4.69) is 24.0 Å². The molecule has 0 spiro atoms. The summed E-state index contributed by atoms with van der Waals surface area (Å²) < 4.78 is 5.24. The van der Waals surface area contributed by atoms with Gasteiger partial charge in [0.1, 0.15) is 11.4 Å². The number of nitrogens with zero attached hydrogens (tertiary/aromatic N) is 1. The third-order valence-electron chi connectivity index (χ3n) is 2.52. The van der Waals surface area contributed by atoms with Gasteiger partial charge in [-0.3, -0.25) is 4.99 Å². The van der Waals surface area contributed by atoms with Gasteiger partial charge >= 0.3 is 0 Å². The minimum Gasteiger partial charge on any atom is -0.494 e. The Morgan fingerprint density at radius 1 is 1.00 bits per heavy atom. The van der Waals surface area contributed by atoms with Gasteiger partial charge < -0.3 is 4.74 Å². The third-order valence-corrected chi connectivity index (χ3v) is 2.52. The molecule has 0 unspecified atom stereocenters. The molecule has 0 atom stereocenters. The van der Waals surface area contributed by atoms with Gasteiger partial charge in [0, 0.05) is 6.21 Å².